The summed E-state index contributed by atoms with van der Waals surface area (Å²) in [6.07, 6.45) is 1.99. The fourth-order valence-electron chi connectivity index (χ4n) is 0.944. The summed E-state index contributed by atoms with van der Waals surface area (Å²) in [5.74, 6) is -0.725. The molecule has 0 radical (unpaired) electrons. The Balaban J connectivity index is 2.62. The van der Waals surface area contributed by atoms with Crippen molar-refractivity contribution in [1.29, 1.82) is 0 Å². The van der Waals surface area contributed by atoms with E-state index in [1.807, 2.05) is 0 Å². The lowest BCUT2D eigenvalue weighted by Crippen LogP contribution is -2.13. The summed E-state index contributed by atoms with van der Waals surface area (Å²) in [7, 11) is 0. The van der Waals surface area contributed by atoms with Crippen LogP contribution in [0.15, 0.2) is 11.2 Å². The number of nitrogen functional groups attached to an aromatic ring is 2. The molecular formula is C9H12N6O3. The number of urea groups is 1. The highest BCUT2D eigenvalue weighted by molar-refractivity contribution is 6.25. The number of carbonyl (C=O) groups is 2. The number of amides is 2. The first kappa shape index (κ1) is 13.4. The van der Waals surface area contributed by atoms with Crippen LogP contribution in [0.2, 0.25) is 0 Å². The fourth-order valence-corrected chi connectivity index (χ4v) is 0.944. The normalized spacial score (nSPS) is 10.3. The molecule has 0 aliphatic rings. The van der Waals surface area contributed by atoms with Gasteiger partial charge in [0.1, 0.15) is 11.9 Å². The molecule has 0 unspecified atom stereocenters. The molecule has 0 bridgehead atoms. The summed E-state index contributed by atoms with van der Waals surface area (Å²) >= 11 is 0. The van der Waals surface area contributed by atoms with Crippen LogP contribution in [0, 0.1) is 0 Å². The van der Waals surface area contributed by atoms with E-state index < -0.39 is 12.0 Å². The van der Waals surface area contributed by atoms with Gasteiger partial charge in [-0.3, -0.25) is 0 Å². The van der Waals surface area contributed by atoms with Gasteiger partial charge in [0, 0.05) is 0 Å². The fraction of sp³-hybridized carbons (Fsp3) is 0.222. The highest BCUT2D eigenvalue weighted by Crippen LogP contribution is 2.14. The molecule has 0 aromatic carbocycles. The molecule has 96 valence electrons. The second-order valence-corrected chi connectivity index (χ2v) is 2.97. The van der Waals surface area contributed by atoms with E-state index in [1.54, 1.807) is 6.92 Å². The first-order chi connectivity index (χ1) is 8.52. The van der Waals surface area contributed by atoms with Crippen LogP contribution in [0.25, 0.3) is 0 Å². The predicted octanol–water partition coefficient (Wildman–Crippen LogP) is -0.193. The molecule has 0 aliphatic carbocycles. The van der Waals surface area contributed by atoms with E-state index in [4.69, 9.17) is 11.5 Å². The Morgan fingerprint density at radius 2 is 2.28 bits per heavy atom. The second kappa shape index (κ2) is 6.13. The van der Waals surface area contributed by atoms with Gasteiger partial charge < -0.3 is 21.5 Å². The molecule has 0 saturated carbocycles. The Morgan fingerprint density at radius 3 is 2.89 bits per heavy atom. The minimum absolute atomic E-state index is 0.00202. The van der Waals surface area contributed by atoms with Crippen molar-refractivity contribution in [2.24, 2.45) is 4.99 Å². The minimum atomic E-state index is -0.803. The minimum Gasteiger partial charge on any atom is -0.462 e. The van der Waals surface area contributed by atoms with Crippen molar-refractivity contribution in [3.63, 3.8) is 0 Å². The molecule has 0 atom stereocenters. The third kappa shape index (κ3) is 4.04. The van der Waals surface area contributed by atoms with Crippen molar-refractivity contribution in [1.82, 2.24) is 9.97 Å². The van der Waals surface area contributed by atoms with Gasteiger partial charge in [0.15, 0.2) is 5.82 Å². The van der Waals surface area contributed by atoms with Crippen molar-refractivity contribution in [3.8, 4) is 0 Å². The Kier molecular flexibility index (Phi) is 4.55. The van der Waals surface area contributed by atoms with Gasteiger partial charge in [0.2, 0.25) is 5.95 Å². The molecule has 0 saturated heterocycles. The molecule has 1 heterocycles. The molecule has 9 heteroatoms. The van der Waals surface area contributed by atoms with Crippen LogP contribution in [0.1, 0.15) is 6.92 Å². The van der Waals surface area contributed by atoms with Crippen molar-refractivity contribution < 1.29 is 14.3 Å². The first-order valence-electron chi connectivity index (χ1n) is 4.92. The number of rotatable bonds is 3. The summed E-state index contributed by atoms with van der Waals surface area (Å²) in [5, 5.41) is 2.28. The SMILES string of the molecule is CCOC(=O)C=NC(=O)Nc1cnc(N)nc1N. The highest BCUT2D eigenvalue weighted by atomic mass is 16.5. The number of esters is 1. The maximum absolute atomic E-state index is 11.3. The van der Waals surface area contributed by atoms with Crippen LogP contribution in [-0.4, -0.2) is 34.8 Å². The third-order valence-electron chi connectivity index (χ3n) is 1.65. The summed E-state index contributed by atoms with van der Waals surface area (Å²) in [6.45, 7) is 1.84. The van der Waals surface area contributed by atoms with E-state index >= 15 is 0 Å². The molecule has 5 N–H and O–H groups in total. The molecule has 1 aromatic heterocycles. The van der Waals surface area contributed by atoms with Gasteiger partial charge in [-0.05, 0) is 6.92 Å². The Bertz CT molecular complexity index is 487. The van der Waals surface area contributed by atoms with Crippen LogP contribution in [0.5, 0.6) is 0 Å². The van der Waals surface area contributed by atoms with Gasteiger partial charge in [-0.25, -0.2) is 14.6 Å². The molecule has 0 spiro atoms. The van der Waals surface area contributed by atoms with Crippen LogP contribution < -0.4 is 16.8 Å². The van der Waals surface area contributed by atoms with E-state index in [-0.39, 0.29) is 24.1 Å². The van der Waals surface area contributed by atoms with Crippen LogP contribution >= 0.6 is 0 Å². The third-order valence-corrected chi connectivity index (χ3v) is 1.65. The molecule has 2 amide bonds. The Morgan fingerprint density at radius 1 is 1.56 bits per heavy atom. The van der Waals surface area contributed by atoms with Crippen LogP contribution in [0.4, 0.5) is 22.2 Å². The van der Waals surface area contributed by atoms with Gasteiger partial charge in [0.25, 0.3) is 0 Å². The zero-order valence-electron chi connectivity index (χ0n) is 9.58. The largest absolute Gasteiger partial charge is 0.462 e. The summed E-state index contributed by atoms with van der Waals surface area (Å²) in [4.78, 5) is 32.8. The number of ether oxygens (including phenoxy) is 1. The van der Waals surface area contributed by atoms with Gasteiger partial charge in [-0.2, -0.15) is 9.98 Å². The highest BCUT2D eigenvalue weighted by Gasteiger charge is 2.06. The number of hydrogen-bond acceptors (Lipinski definition) is 7. The van der Waals surface area contributed by atoms with Gasteiger partial charge in [-0.1, -0.05) is 0 Å². The van der Waals surface area contributed by atoms with Gasteiger partial charge in [-0.15, -0.1) is 0 Å². The molecule has 1 rings (SSSR count). The average molecular weight is 252 g/mol. The Labute approximate surface area is 102 Å². The zero-order valence-corrected chi connectivity index (χ0v) is 9.58. The maximum Gasteiger partial charge on any atom is 0.349 e. The second-order valence-electron chi connectivity index (χ2n) is 2.97. The number of carbonyl (C=O) groups excluding carboxylic acids is 2. The van der Waals surface area contributed by atoms with Gasteiger partial charge in [0.05, 0.1) is 12.8 Å². The van der Waals surface area contributed by atoms with Crippen molar-refractivity contribution in [3.05, 3.63) is 6.20 Å². The lowest BCUT2D eigenvalue weighted by Gasteiger charge is -2.04. The van der Waals surface area contributed by atoms with E-state index in [9.17, 15) is 9.59 Å². The maximum atomic E-state index is 11.3. The number of aromatic nitrogens is 2. The van der Waals surface area contributed by atoms with Crippen LogP contribution in [-0.2, 0) is 9.53 Å². The Hall–Kier alpha value is -2.71. The van der Waals surface area contributed by atoms with E-state index in [0.717, 1.165) is 6.21 Å². The molecule has 0 aliphatic heterocycles. The van der Waals surface area contributed by atoms with E-state index in [2.05, 4.69) is 25.0 Å². The van der Waals surface area contributed by atoms with Gasteiger partial charge >= 0.3 is 12.0 Å². The number of nitrogens with zero attached hydrogens (tertiary/aromatic N) is 3. The molecular weight excluding hydrogens is 240 g/mol. The quantitative estimate of drug-likeness (QED) is 0.499. The number of hydrogen-bond donors (Lipinski definition) is 3. The van der Waals surface area contributed by atoms with Crippen molar-refractivity contribution in [2.45, 2.75) is 6.92 Å². The average Bonchev–Trinajstić information content (AvgIpc) is 2.31. The van der Waals surface area contributed by atoms with Crippen molar-refractivity contribution >= 4 is 35.7 Å². The summed E-state index contributed by atoms with van der Waals surface area (Å²) in [6, 6.07) is -0.803. The number of aliphatic imine (C=N–C) groups is 1. The predicted molar refractivity (Wildman–Crippen MR) is 65.0 cm³/mol. The standard InChI is InChI=1S/C9H12N6O3/c1-2-18-6(16)4-13-9(17)14-5-3-12-8(11)15-7(5)10/h3-4H,2H2,1H3,(H,14,17)(H4,10,11,12,15). The summed E-state index contributed by atoms with van der Waals surface area (Å²) in [5.41, 5.74) is 10.9. The van der Waals surface area contributed by atoms with E-state index in [1.165, 1.54) is 6.20 Å². The first-order valence-corrected chi connectivity index (χ1v) is 4.92. The van der Waals surface area contributed by atoms with Crippen molar-refractivity contribution in [2.75, 3.05) is 23.4 Å². The number of nitrogens with two attached hydrogens (primary N) is 2. The summed E-state index contributed by atoms with van der Waals surface area (Å²) < 4.78 is 4.55. The molecule has 9 nitrogen and oxygen atoms in total. The number of nitrogens with one attached hydrogen (secondary N) is 1. The topological polar surface area (TPSA) is 146 Å². The molecule has 0 fully saturated rings. The molecule has 18 heavy (non-hydrogen) atoms. The monoisotopic (exact) mass is 252 g/mol. The lowest BCUT2D eigenvalue weighted by molar-refractivity contribution is -0.134. The van der Waals surface area contributed by atoms with Crippen LogP contribution in [0.3, 0.4) is 0 Å². The smallest absolute Gasteiger partial charge is 0.349 e. The lowest BCUT2D eigenvalue weighted by atomic mass is 10.5. The van der Waals surface area contributed by atoms with E-state index in [0.29, 0.717) is 0 Å². The number of anilines is 3. The zero-order chi connectivity index (χ0) is 13.5. The molecule has 1 aromatic rings.